The van der Waals surface area contributed by atoms with E-state index in [1.807, 2.05) is 0 Å². The number of anilines is 1. The van der Waals surface area contributed by atoms with Crippen LogP contribution in [0.3, 0.4) is 0 Å². The lowest BCUT2D eigenvalue weighted by Crippen LogP contribution is -2.25. The number of halogens is 1. The molecule has 0 saturated carbocycles. The molecule has 0 aliphatic carbocycles. The molecule has 26 heavy (non-hydrogen) atoms. The molecule has 6 nitrogen and oxygen atoms in total. The highest BCUT2D eigenvalue weighted by Crippen LogP contribution is 2.15. The number of carbonyl (C=O) groups excluding carboxylic acids is 3. The van der Waals surface area contributed by atoms with Crippen LogP contribution in [0.5, 0.6) is 0 Å². The highest BCUT2D eigenvalue weighted by atomic mass is 35.5. The summed E-state index contributed by atoms with van der Waals surface area (Å²) in [5.41, 5.74) is 1.37. The number of nitrogens with one attached hydrogen (secondary N) is 3. The van der Waals surface area contributed by atoms with Crippen LogP contribution >= 0.6 is 11.6 Å². The topological polar surface area (TPSA) is 87.3 Å². The molecule has 0 spiro atoms. The maximum atomic E-state index is 12.1. The van der Waals surface area contributed by atoms with Crippen LogP contribution in [-0.4, -0.2) is 31.3 Å². The van der Waals surface area contributed by atoms with Gasteiger partial charge in [-0.05, 0) is 42.8 Å². The number of hydrogen-bond donors (Lipinski definition) is 3. The van der Waals surface area contributed by atoms with Crippen molar-refractivity contribution in [2.24, 2.45) is 0 Å². The smallest absolute Gasteiger partial charge is 0.253 e. The largest absolute Gasteiger partial charge is 0.355 e. The van der Waals surface area contributed by atoms with Gasteiger partial charge in [0.1, 0.15) is 0 Å². The summed E-state index contributed by atoms with van der Waals surface area (Å²) in [5.74, 6) is -0.703. The molecule has 0 aromatic heterocycles. The molecule has 0 atom stereocenters. The summed E-state index contributed by atoms with van der Waals surface area (Å²) in [7, 11) is 1.53. The van der Waals surface area contributed by atoms with Crippen LogP contribution in [0.2, 0.25) is 5.02 Å². The lowest BCUT2D eigenvalue weighted by molar-refractivity contribution is -0.116. The van der Waals surface area contributed by atoms with Gasteiger partial charge < -0.3 is 16.0 Å². The van der Waals surface area contributed by atoms with E-state index in [1.54, 1.807) is 48.5 Å². The van der Waals surface area contributed by atoms with Crippen molar-refractivity contribution in [3.05, 3.63) is 64.7 Å². The third kappa shape index (κ3) is 5.60. The quantitative estimate of drug-likeness (QED) is 0.652. The van der Waals surface area contributed by atoms with Crippen LogP contribution in [0.15, 0.2) is 48.5 Å². The first-order valence-corrected chi connectivity index (χ1v) is 8.54. The molecule has 3 N–H and O–H groups in total. The predicted molar refractivity (Wildman–Crippen MR) is 101 cm³/mol. The Morgan fingerprint density at radius 2 is 1.65 bits per heavy atom. The number of benzene rings is 2. The first-order valence-electron chi connectivity index (χ1n) is 8.16. The van der Waals surface area contributed by atoms with E-state index in [4.69, 9.17) is 11.6 Å². The minimum Gasteiger partial charge on any atom is -0.355 e. The molecule has 0 fully saturated rings. The zero-order valence-electron chi connectivity index (χ0n) is 14.3. The second kappa shape index (κ2) is 9.58. The van der Waals surface area contributed by atoms with Crippen molar-refractivity contribution in [2.45, 2.75) is 12.8 Å². The molecule has 0 aliphatic rings. The van der Waals surface area contributed by atoms with Gasteiger partial charge in [0, 0.05) is 30.6 Å². The summed E-state index contributed by atoms with van der Waals surface area (Å²) in [6, 6.07) is 13.4. The van der Waals surface area contributed by atoms with E-state index >= 15 is 0 Å². The predicted octanol–water partition coefficient (Wildman–Crippen LogP) is 2.85. The highest BCUT2D eigenvalue weighted by molar-refractivity contribution is 6.30. The molecule has 136 valence electrons. The van der Waals surface area contributed by atoms with Crippen molar-refractivity contribution in [3.8, 4) is 0 Å². The summed E-state index contributed by atoms with van der Waals surface area (Å²) in [6.45, 7) is 0.367. The summed E-state index contributed by atoms with van der Waals surface area (Å²) >= 11 is 5.78. The minimum absolute atomic E-state index is 0.216. The fourth-order valence-electron chi connectivity index (χ4n) is 2.29. The average Bonchev–Trinajstić information content (AvgIpc) is 2.65. The van der Waals surface area contributed by atoms with Gasteiger partial charge in [0.15, 0.2) is 0 Å². The van der Waals surface area contributed by atoms with E-state index in [2.05, 4.69) is 16.0 Å². The lowest BCUT2D eigenvalue weighted by atomic mass is 10.1. The Balaban J connectivity index is 1.78. The molecule has 0 aliphatic heterocycles. The van der Waals surface area contributed by atoms with E-state index < -0.39 is 0 Å². The monoisotopic (exact) mass is 373 g/mol. The van der Waals surface area contributed by atoms with E-state index in [-0.39, 0.29) is 24.1 Å². The van der Waals surface area contributed by atoms with Crippen molar-refractivity contribution in [3.63, 3.8) is 0 Å². The van der Waals surface area contributed by atoms with Gasteiger partial charge >= 0.3 is 0 Å². The Hall–Kier alpha value is -2.86. The summed E-state index contributed by atoms with van der Waals surface area (Å²) in [6.07, 6.45) is 0.705. The summed E-state index contributed by atoms with van der Waals surface area (Å²) < 4.78 is 0. The maximum Gasteiger partial charge on any atom is 0.253 e. The first kappa shape index (κ1) is 19.5. The van der Waals surface area contributed by atoms with Gasteiger partial charge in [-0.25, -0.2) is 0 Å². The highest BCUT2D eigenvalue weighted by Gasteiger charge is 2.11. The van der Waals surface area contributed by atoms with Gasteiger partial charge in [0.2, 0.25) is 5.91 Å². The van der Waals surface area contributed by atoms with Gasteiger partial charge in [-0.3, -0.25) is 14.4 Å². The SMILES string of the molecule is CNC(=O)c1ccccc1NC(=O)CCCNC(=O)c1ccc(Cl)cc1. The van der Waals surface area contributed by atoms with Crippen LogP contribution in [0, 0.1) is 0 Å². The third-order valence-electron chi connectivity index (χ3n) is 3.65. The summed E-state index contributed by atoms with van der Waals surface area (Å²) in [4.78, 5) is 35.8. The van der Waals surface area contributed by atoms with Crippen molar-refractivity contribution in [1.82, 2.24) is 10.6 Å². The van der Waals surface area contributed by atoms with Gasteiger partial charge in [-0.1, -0.05) is 23.7 Å². The molecule has 7 heteroatoms. The van der Waals surface area contributed by atoms with E-state index in [1.165, 1.54) is 7.05 Å². The van der Waals surface area contributed by atoms with E-state index in [0.29, 0.717) is 34.8 Å². The second-order valence-corrected chi connectivity index (χ2v) is 5.98. The number of para-hydroxylation sites is 1. The number of carbonyl (C=O) groups is 3. The van der Waals surface area contributed by atoms with Gasteiger partial charge in [0.05, 0.1) is 11.3 Å². The molecule has 0 bridgehead atoms. The van der Waals surface area contributed by atoms with E-state index in [0.717, 1.165) is 0 Å². The molecule has 2 rings (SSSR count). The number of hydrogen-bond acceptors (Lipinski definition) is 3. The maximum absolute atomic E-state index is 12.1. The Labute approximate surface area is 156 Å². The Morgan fingerprint density at radius 3 is 2.35 bits per heavy atom. The first-order chi connectivity index (χ1) is 12.5. The fourth-order valence-corrected chi connectivity index (χ4v) is 2.42. The minimum atomic E-state index is -0.267. The molecule has 2 aromatic carbocycles. The van der Waals surface area contributed by atoms with Gasteiger partial charge in [-0.2, -0.15) is 0 Å². The normalized spacial score (nSPS) is 10.1. The van der Waals surface area contributed by atoms with Crippen LogP contribution in [0.4, 0.5) is 5.69 Å². The van der Waals surface area contributed by atoms with Crippen LogP contribution < -0.4 is 16.0 Å². The molecular formula is C19H20ClN3O3. The standard InChI is InChI=1S/C19H20ClN3O3/c1-21-19(26)15-5-2-3-6-16(15)23-17(24)7-4-12-22-18(25)13-8-10-14(20)11-9-13/h2-3,5-6,8-11H,4,7,12H2,1H3,(H,21,26)(H,22,25)(H,23,24). The Bertz CT molecular complexity index is 791. The third-order valence-corrected chi connectivity index (χ3v) is 3.90. The Morgan fingerprint density at radius 1 is 0.962 bits per heavy atom. The molecule has 2 aromatic rings. The number of rotatable bonds is 7. The zero-order chi connectivity index (χ0) is 18.9. The van der Waals surface area contributed by atoms with Crippen LogP contribution in [0.25, 0.3) is 0 Å². The van der Waals surface area contributed by atoms with Gasteiger partial charge in [0.25, 0.3) is 11.8 Å². The average molecular weight is 374 g/mol. The van der Waals surface area contributed by atoms with Crippen molar-refractivity contribution in [2.75, 3.05) is 18.9 Å². The molecule has 0 unspecified atom stereocenters. The molecule has 0 radical (unpaired) electrons. The molecule has 0 saturated heterocycles. The van der Waals surface area contributed by atoms with Gasteiger partial charge in [-0.15, -0.1) is 0 Å². The Kier molecular flexibility index (Phi) is 7.17. The lowest BCUT2D eigenvalue weighted by Gasteiger charge is -2.10. The molecular weight excluding hydrogens is 354 g/mol. The van der Waals surface area contributed by atoms with Crippen molar-refractivity contribution >= 4 is 35.0 Å². The molecule has 3 amide bonds. The van der Waals surface area contributed by atoms with E-state index in [9.17, 15) is 14.4 Å². The fraction of sp³-hybridized carbons (Fsp3) is 0.211. The zero-order valence-corrected chi connectivity index (χ0v) is 15.1. The van der Waals surface area contributed by atoms with Crippen molar-refractivity contribution in [1.29, 1.82) is 0 Å². The van der Waals surface area contributed by atoms with Crippen LogP contribution in [-0.2, 0) is 4.79 Å². The number of amides is 3. The van der Waals surface area contributed by atoms with Crippen molar-refractivity contribution < 1.29 is 14.4 Å². The van der Waals surface area contributed by atoms with Crippen LogP contribution in [0.1, 0.15) is 33.6 Å². The second-order valence-electron chi connectivity index (χ2n) is 5.54. The summed E-state index contributed by atoms with van der Waals surface area (Å²) in [5, 5.41) is 8.57. The molecule has 0 heterocycles.